The highest BCUT2D eigenvalue weighted by molar-refractivity contribution is 6.35. The predicted octanol–water partition coefficient (Wildman–Crippen LogP) is 3.82. The number of hydrogen-bond donors (Lipinski definition) is 0. The Kier molecular flexibility index (Phi) is 3.45. The van der Waals surface area contributed by atoms with Gasteiger partial charge in [0, 0.05) is 5.56 Å². The maximum atomic E-state index is 12.7. The topological polar surface area (TPSA) is 17.1 Å². The van der Waals surface area contributed by atoms with Crippen LogP contribution in [0.25, 0.3) is 0 Å². The molecule has 1 rings (SSSR count). The monoisotopic (exact) mass is 232 g/mol. The summed E-state index contributed by atoms with van der Waals surface area (Å²) in [5.74, 6) is -1.34. The first-order valence-corrected chi connectivity index (χ1v) is 4.92. The molecule has 1 aromatic rings. The summed E-state index contributed by atoms with van der Waals surface area (Å²) in [4.78, 5) is 11.3. The molecule has 0 aliphatic carbocycles. The Morgan fingerprint density at radius 1 is 1.33 bits per heavy atom. The fraction of sp³-hybridized carbons (Fsp3) is 0.364. The molecule has 4 heteroatoms. The summed E-state index contributed by atoms with van der Waals surface area (Å²) in [6, 6.07) is 6.27. The summed E-state index contributed by atoms with van der Waals surface area (Å²) in [5, 5.41) is -3.83. The van der Waals surface area contributed by atoms with E-state index in [4.69, 9.17) is 11.6 Å². The molecule has 0 radical (unpaired) electrons. The van der Waals surface area contributed by atoms with Crippen LogP contribution in [0, 0.1) is 0 Å². The molecule has 0 bridgehead atoms. The number of ketones is 1. The van der Waals surface area contributed by atoms with Crippen LogP contribution in [0.15, 0.2) is 24.3 Å². The number of Topliss-reactive ketones (excluding diaryl/α,β-unsaturated/α-hetero) is 1. The van der Waals surface area contributed by atoms with Crippen molar-refractivity contribution in [2.45, 2.75) is 25.1 Å². The van der Waals surface area contributed by atoms with Gasteiger partial charge in [-0.15, -0.1) is 0 Å². The third-order valence-corrected chi connectivity index (χ3v) is 2.26. The van der Waals surface area contributed by atoms with Gasteiger partial charge in [-0.2, -0.15) is 8.78 Å². The first kappa shape index (κ1) is 12.1. The van der Waals surface area contributed by atoms with Crippen LogP contribution in [0.3, 0.4) is 0 Å². The molecule has 1 nitrogen and oxygen atoms in total. The molecule has 0 heterocycles. The average Bonchev–Trinajstić information content (AvgIpc) is 2.15. The number of hydrogen-bond acceptors (Lipinski definition) is 1. The minimum atomic E-state index is -3.83. The molecule has 0 unspecified atom stereocenters. The van der Waals surface area contributed by atoms with E-state index in [0.29, 0.717) is 5.56 Å². The number of halogens is 3. The van der Waals surface area contributed by atoms with Gasteiger partial charge in [0.1, 0.15) is 0 Å². The van der Waals surface area contributed by atoms with Crippen molar-refractivity contribution < 1.29 is 13.6 Å². The molecule has 1 aromatic carbocycles. The Bertz CT molecular complexity index is 369. The smallest absolute Gasteiger partial charge is 0.286 e. The normalized spacial score (nSPS) is 11.9. The van der Waals surface area contributed by atoms with Gasteiger partial charge in [-0.1, -0.05) is 38.1 Å². The highest BCUT2D eigenvalue weighted by Crippen LogP contribution is 2.28. The van der Waals surface area contributed by atoms with Crippen LogP contribution in [0.1, 0.15) is 35.7 Å². The van der Waals surface area contributed by atoms with Gasteiger partial charge in [0.2, 0.25) is 5.78 Å². The minimum Gasteiger partial charge on any atom is -0.286 e. The molecule has 15 heavy (non-hydrogen) atoms. The predicted molar refractivity (Wildman–Crippen MR) is 55.7 cm³/mol. The Morgan fingerprint density at radius 3 is 2.33 bits per heavy atom. The summed E-state index contributed by atoms with van der Waals surface area (Å²) in [7, 11) is 0. The fourth-order valence-electron chi connectivity index (χ4n) is 1.36. The maximum absolute atomic E-state index is 12.7. The number of benzene rings is 1. The van der Waals surface area contributed by atoms with Crippen LogP contribution in [0.5, 0.6) is 0 Å². The Balaban J connectivity index is 3.20. The van der Waals surface area contributed by atoms with E-state index in [9.17, 15) is 13.6 Å². The van der Waals surface area contributed by atoms with Crippen LogP contribution in [-0.4, -0.2) is 11.2 Å². The zero-order valence-electron chi connectivity index (χ0n) is 8.43. The molecular weight excluding hydrogens is 222 g/mol. The van der Waals surface area contributed by atoms with Gasteiger partial charge in [0.15, 0.2) is 0 Å². The van der Waals surface area contributed by atoms with E-state index in [0.717, 1.165) is 0 Å². The second-order valence-electron chi connectivity index (χ2n) is 3.57. The standard InChI is InChI=1S/C11H11ClF2O/c1-7(2)8-5-3-4-6-9(8)10(15)11(12,13)14/h3-7H,1-2H3. The van der Waals surface area contributed by atoms with Gasteiger partial charge in [0.05, 0.1) is 0 Å². The van der Waals surface area contributed by atoms with E-state index < -0.39 is 11.2 Å². The van der Waals surface area contributed by atoms with Crippen LogP contribution in [0.2, 0.25) is 0 Å². The van der Waals surface area contributed by atoms with Crippen molar-refractivity contribution in [1.29, 1.82) is 0 Å². The Hall–Kier alpha value is -0.960. The first-order chi connectivity index (χ1) is 6.84. The van der Waals surface area contributed by atoms with E-state index in [-0.39, 0.29) is 11.5 Å². The zero-order chi connectivity index (χ0) is 11.6. The average molecular weight is 233 g/mol. The van der Waals surface area contributed by atoms with Crippen molar-refractivity contribution in [3.05, 3.63) is 35.4 Å². The van der Waals surface area contributed by atoms with Gasteiger partial charge >= 0.3 is 5.38 Å². The van der Waals surface area contributed by atoms with E-state index >= 15 is 0 Å². The summed E-state index contributed by atoms with van der Waals surface area (Å²) in [5.41, 5.74) is 0.579. The number of alkyl halides is 3. The van der Waals surface area contributed by atoms with Crippen molar-refractivity contribution in [1.82, 2.24) is 0 Å². The quantitative estimate of drug-likeness (QED) is 0.572. The van der Waals surface area contributed by atoms with E-state index in [1.165, 1.54) is 6.07 Å². The molecule has 0 atom stereocenters. The zero-order valence-corrected chi connectivity index (χ0v) is 9.18. The van der Waals surface area contributed by atoms with E-state index in [1.807, 2.05) is 13.8 Å². The van der Waals surface area contributed by atoms with Crippen molar-refractivity contribution in [2.24, 2.45) is 0 Å². The molecule has 0 amide bonds. The van der Waals surface area contributed by atoms with Crippen molar-refractivity contribution in [3.8, 4) is 0 Å². The molecule has 0 N–H and O–H groups in total. The van der Waals surface area contributed by atoms with Crippen LogP contribution >= 0.6 is 11.6 Å². The van der Waals surface area contributed by atoms with Crippen molar-refractivity contribution in [2.75, 3.05) is 0 Å². The number of carbonyl (C=O) groups is 1. The molecule has 0 fully saturated rings. The third-order valence-electron chi connectivity index (χ3n) is 2.08. The van der Waals surface area contributed by atoms with Gasteiger partial charge in [-0.25, -0.2) is 0 Å². The van der Waals surface area contributed by atoms with Gasteiger partial charge in [-0.05, 0) is 23.1 Å². The summed E-state index contributed by atoms with van der Waals surface area (Å²) in [6.45, 7) is 3.66. The SMILES string of the molecule is CC(C)c1ccccc1C(=O)C(F)(F)Cl. The van der Waals surface area contributed by atoms with Crippen molar-refractivity contribution >= 4 is 17.4 Å². The van der Waals surface area contributed by atoms with Crippen LogP contribution in [0.4, 0.5) is 8.78 Å². The molecule has 0 aliphatic heterocycles. The number of carbonyl (C=O) groups excluding carboxylic acids is 1. The lowest BCUT2D eigenvalue weighted by Gasteiger charge is -2.13. The molecule has 0 saturated heterocycles. The van der Waals surface area contributed by atoms with Gasteiger partial charge in [0.25, 0.3) is 0 Å². The summed E-state index contributed by atoms with van der Waals surface area (Å²) >= 11 is 4.71. The van der Waals surface area contributed by atoms with Crippen molar-refractivity contribution in [3.63, 3.8) is 0 Å². The second kappa shape index (κ2) is 4.27. The molecule has 0 aliphatic rings. The number of rotatable bonds is 3. The van der Waals surface area contributed by atoms with E-state index in [1.54, 1.807) is 18.2 Å². The highest BCUT2D eigenvalue weighted by Gasteiger charge is 2.37. The lowest BCUT2D eigenvalue weighted by atomic mass is 9.95. The largest absolute Gasteiger partial charge is 0.384 e. The summed E-state index contributed by atoms with van der Waals surface area (Å²) < 4.78 is 25.3. The van der Waals surface area contributed by atoms with E-state index in [2.05, 4.69) is 0 Å². The van der Waals surface area contributed by atoms with Gasteiger partial charge < -0.3 is 0 Å². The first-order valence-electron chi connectivity index (χ1n) is 4.54. The molecule has 0 spiro atoms. The fourth-order valence-corrected chi connectivity index (χ4v) is 1.46. The second-order valence-corrected chi connectivity index (χ2v) is 4.04. The molecule has 0 aromatic heterocycles. The Morgan fingerprint density at radius 2 is 1.87 bits per heavy atom. The maximum Gasteiger partial charge on any atom is 0.384 e. The highest BCUT2D eigenvalue weighted by atomic mass is 35.5. The molecule has 82 valence electrons. The summed E-state index contributed by atoms with van der Waals surface area (Å²) in [6.07, 6.45) is 0. The Labute approximate surface area is 92.1 Å². The minimum absolute atomic E-state index is 0.00386. The molecule has 0 saturated carbocycles. The lowest BCUT2D eigenvalue weighted by molar-refractivity contribution is 0.0535. The lowest BCUT2D eigenvalue weighted by Crippen LogP contribution is -2.23. The third kappa shape index (κ3) is 2.75. The van der Waals surface area contributed by atoms with Crippen LogP contribution < -0.4 is 0 Å². The van der Waals surface area contributed by atoms with Gasteiger partial charge in [-0.3, -0.25) is 4.79 Å². The van der Waals surface area contributed by atoms with Crippen LogP contribution in [-0.2, 0) is 0 Å². The molecular formula is C11H11ClF2O.